The van der Waals surface area contributed by atoms with Gasteiger partial charge in [0.05, 0.1) is 7.11 Å². The SMILES string of the molecule is C=C(Cl)CNCc1cc(C)c(OC)c(C)c1. The molecule has 0 bridgehead atoms. The average Bonchev–Trinajstić information content (AvgIpc) is 2.16. The van der Waals surface area contributed by atoms with Gasteiger partial charge in [-0.2, -0.15) is 0 Å². The average molecular weight is 240 g/mol. The molecule has 0 saturated carbocycles. The minimum Gasteiger partial charge on any atom is -0.496 e. The van der Waals surface area contributed by atoms with E-state index in [2.05, 4.69) is 37.9 Å². The molecule has 0 saturated heterocycles. The highest BCUT2D eigenvalue weighted by atomic mass is 35.5. The smallest absolute Gasteiger partial charge is 0.124 e. The summed E-state index contributed by atoms with van der Waals surface area (Å²) in [4.78, 5) is 0. The second-order valence-corrected chi connectivity index (χ2v) is 4.42. The van der Waals surface area contributed by atoms with Crippen molar-refractivity contribution in [3.05, 3.63) is 40.4 Å². The second-order valence-electron chi connectivity index (χ2n) is 3.88. The van der Waals surface area contributed by atoms with Gasteiger partial charge in [-0.25, -0.2) is 0 Å². The van der Waals surface area contributed by atoms with E-state index in [0.29, 0.717) is 11.6 Å². The Bertz CT molecular complexity index is 365. The van der Waals surface area contributed by atoms with Crippen LogP contribution in [0, 0.1) is 13.8 Å². The Hall–Kier alpha value is -0.990. The van der Waals surface area contributed by atoms with Gasteiger partial charge in [0, 0.05) is 18.1 Å². The quantitative estimate of drug-likeness (QED) is 0.852. The van der Waals surface area contributed by atoms with Gasteiger partial charge in [0.1, 0.15) is 5.75 Å². The molecule has 0 radical (unpaired) electrons. The van der Waals surface area contributed by atoms with E-state index in [1.54, 1.807) is 7.11 Å². The van der Waals surface area contributed by atoms with Crippen molar-refractivity contribution in [1.82, 2.24) is 5.32 Å². The van der Waals surface area contributed by atoms with Gasteiger partial charge in [-0.1, -0.05) is 30.3 Å². The summed E-state index contributed by atoms with van der Waals surface area (Å²) in [7, 11) is 1.70. The van der Waals surface area contributed by atoms with E-state index in [4.69, 9.17) is 16.3 Å². The van der Waals surface area contributed by atoms with Gasteiger partial charge < -0.3 is 10.1 Å². The zero-order valence-corrected chi connectivity index (χ0v) is 10.8. The largest absolute Gasteiger partial charge is 0.496 e. The van der Waals surface area contributed by atoms with Crippen molar-refractivity contribution in [3.63, 3.8) is 0 Å². The van der Waals surface area contributed by atoms with Crippen molar-refractivity contribution in [2.75, 3.05) is 13.7 Å². The number of methoxy groups -OCH3 is 1. The number of hydrogen-bond donors (Lipinski definition) is 1. The first-order valence-corrected chi connectivity index (χ1v) is 5.60. The Balaban J connectivity index is 2.72. The maximum Gasteiger partial charge on any atom is 0.124 e. The molecule has 0 atom stereocenters. The van der Waals surface area contributed by atoms with E-state index in [9.17, 15) is 0 Å². The summed E-state index contributed by atoms with van der Waals surface area (Å²) < 4.78 is 5.32. The molecule has 1 aromatic rings. The summed E-state index contributed by atoms with van der Waals surface area (Å²) >= 11 is 5.68. The number of halogens is 1. The molecule has 0 unspecified atom stereocenters. The topological polar surface area (TPSA) is 21.3 Å². The van der Waals surface area contributed by atoms with Crippen LogP contribution in [0.4, 0.5) is 0 Å². The Morgan fingerprint density at radius 3 is 2.38 bits per heavy atom. The van der Waals surface area contributed by atoms with E-state index in [-0.39, 0.29) is 0 Å². The van der Waals surface area contributed by atoms with Crippen LogP contribution in [0.1, 0.15) is 16.7 Å². The normalized spacial score (nSPS) is 10.2. The van der Waals surface area contributed by atoms with Crippen LogP contribution in [0.15, 0.2) is 23.7 Å². The number of ether oxygens (including phenoxy) is 1. The maximum atomic E-state index is 5.68. The molecule has 0 aliphatic carbocycles. The highest BCUT2D eigenvalue weighted by Crippen LogP contribution is 2.24. The van der Waals surface area contributed by atoms with Crippen molar-refractivity contribution < 1.29 is 4.74 Å². The fraction of sp³-hybridized carbons (Fsp3) is 0.385. The lowest BCUT2D eigenvalue weighted by Gasteiger charge is -2.11. The molecule has 0 fully saturated rings. The van der Waals surface area contributed by atoms with Gasteiger partial charge >= 0.3 is 0 Å². The molecule has 3 heteroatoms. The van der Waals surface area contributed by atoms with E-state index >= 15 is 0 Å². The van der Waals surface area contributed by atoms with Crippen LogP contribution in [-0.2, 0) is 6.54 Å². The molecular formula is C13H18ClNO. The van der Waals surface area contributed by atoms with E-state index in [1.807, 2.05) is 0 Å². The van der Waals surface area contributed by atoms with Gasteiger partial charge in [0.25, 0.3) is 0 Å². The van der Waals surface area contributed by atoms with E-state index in [0.717, 1.165) is 23.4 Å². The summed E-state index contributed by atoms with van der Waals surface area (Å²) in [6.07, 6.45) is 0. The van der Waals surface area contributed by atoms with Crippen LogP contribution in [-0.4, -0.2) is 13.7 Å². The zero-order valence-electron chi connectivity index (χ0n) is 10.1. The lowest BCUT2D eigenvalue weighted by molar-refractivity contribution is 0.408. The van der Waals surface area contributed by atoms with Gasteiger partial charge in [0.2, 0.25) is 0 Å². The fourth-order valence-electron chi connectivity index (χ4n) is 1.81. The van der Waals surface area contributed by atoms with E-state index in [1.165, 1.54) is 5.56 Å². The fourth-order valence-corrected chi connectivity index (χ4v) is 1.90. The first kappa shape index (κ1) is 13.1. The molecule has 1 N–H and O–H groups in total. The van der Waals surface area contributed by atoms with E-state index < -0.39 is 0 Å². The molecule has 0 aliphatic rings. The van der Waals surface area contributed by atoms with Crippen LogP contribution in [0.25, 0.3) is 0 Å². The Morgan fingerprint density at radius 1 is 1.38 bits per heavy atom. The number of rotatable bonds is 5. The third kappa shape index (κ3) is 3.54. The second kappa shape index (κ2) is 5.92. The summed E-state index contributed by atoms with van der Waals surface area (Å²) in [5.74, 6) is 0.963. The van der Waals surface area contributed by atoms with Crippen LogP contribution in [0.5, 0.6) is 5.75 Å². The molecule has 0 aliphatic heterocycles. The molecule has 1 rings (SSSR count). The molecule has 0 heterocycles. The molecule has 2 nitrogen and oxygen atoms in total. The Morgan fingerprint density at radius 2 is 1.94 bits per heavy atom. The van der Waals surface area contributed by atoms with Crippen molar-refractivity contribution in [3.8, 4) is 5.75 Å². The number of nitrogens with one attached hydrogen (secondary N) is 1. The lowest BCUT2D eigenvalue weighted by Crippen LogP contribution is -2.14. The highest BCUT2D eigenvalue weighted by Gasteiger charge is 2.04. The third-order valence-corrected chi connectivity index (χ3v) is 2.50. The zero-order chi connectivity index (χ0) is 12.1. The predicted octanol–water partition coefficient (Wildman–Crippen LogP) is 3.15. The van der Waals surface area contributed by atoms with Crippen LogP contribution in [0.3, 0.4) is 0 Å². The first-order chi connectivity index (χ1) is 7.54. The van der Waals surface area contributed by atoms with Crippen molar-refractivity contribution in [2.24, 2.45) is 0 Å². The highest BCUT2D eigenvalue weighted by molar-refractivity contribution is 6.29. The van der Waals surface area contributed by atoms with Crippen LogP contribution >= 0.6 is 11.6 Å². The van der Waals surface area contributed by atoms with Crippen LogP contribution in [0.2, 0.25) is 0 Å². The van der Waals surface area contributed by atoms with Crippen molar-refractivity contribution >= 4 is 11.6 Å². The first-order valence-electron chi connectivity index (χ1n) is 5.22. The summed E-state index contributed by atoms with van der Waals surface area (Å²) in [6, 6.07) is 4.24. The number of hydrogen-bond acceptors (Lipinski definition) is 2. The third-order valence-electron chi connectivity index (χ3n) is 2.37. The summed E-state index contributed by atoms with van der Waals surface area (Å²) in [5.41, 5.74) is 3.54. The monoisotopic (exact) mass is 239 g/mol. The predicted molar refractivity (Wildman–Crippen MR) is 69.2 cm³/mol. The van der Waals surface area contributed by atoms with Gasteiger partial charge in [-0.15, -0.1) is 0 Å². The number of aryl methyl sites for hydroxylation is 2. The van der Waals surface area contributed by atoms with Gasteiger partial charge in [-0.3, -0.25) is 0 Å². The summed E-state index contributed by atoms with van der Waals surface area (Å²) in [6.45, 7) is 9.15. The van der Waals surface area contributed by atoms with Crippen molar-refractivity contribution in [1.29, 1.82) is 0 Å². The minimum absolute atomic E-state index is 0.627. The minimum atomic E-state index is 0.627. The van der Waals surface area contributed by atoms with Gasteiger partial charge in [0.15, 0.2) is 0 Å². The molecular weight excluding hydrogens is 222 g/mol. The molecule has 1 aromatic carbocycles. The molecule has 0 amide bonds. The van der Waals surface area contributed by atoms with Crippen LogP contribution < -0.4 is 10.1 Å². The van der Waals surface area contributed by atoms with Gasteiger partial charge in [-0.05, 0) is 30.5 Å². The Kier molecular flexibility index (Phi) is 4.84. The summed E-state index contributed by atoms with van der Waals surface area (Å²) in [5, 5.41) is 3.85. The lowest BCUT2D eigenvalue weighted by atomic mass is 10.1. The molecule has 0 spiro atoms. The molecule has 16 heavy (non-hydrogen) atoms. The Labute approximate surface area is 102 Å². The van der Waals surface area contributed by atoms with Crippen molar-refractivity contribution in [2.45, 2.75) is 20.4 Å². The maximum absolute atomic E-state index is 5.68. The standard InChI is InChI=1S/C13H18ClNO/c1-9-5-12(8-15-7-11(3)14)6-10(2)13(9)16-4/h5-6,15H,3,7-8H2,1-2,4H3. The number of benzene rings is 1. The molecule has 88 valence electrons. The molecule has 0 aromatic heterocycles.